The molecular formula is C21H24N2O3. The van der Waals surface area contributed by atoms with E-state index in [1.807, 2.05) is 42.6 Å². The van der Waals surface area contributed by atoms with Gasteiger partial charge in [-0.25, -0.2) is 0 Å². The monoisotopic (exact) mass is 352 g/mol. The van der Waals surface area contributed by atoms with Crippen LogP contribution in [0.4, 0.5) is 0 Å². The highest BCUT2D eigenvalue weighted by molar-refractivity contribution is 6.17. The SMILES string of the molecule is CCCNCC(O)COc1ccccc1C(=O)c1cccc2[nH]ccc12. The van der Waals surface area contributed by atoms with Crippen LogP contribution in [0.3, 0.4) is 0 Å². The second-order valence-electron chi connectivity index (χ2n) is 6.24. The molecule has 3 N–H and O–H groups in total. The van der Waals surface area contributed by atoms with E-state index in [9.17, 15) is 9.90 Å². The van der Waals surface area contributed by atoms with Gasteiger partial charge in [0.2, 0.25) is 0 Å². The fourth-order valence-electron chi connectivity index (χ4n) is 2.90. The number of ketones is 1. The first kappa shape index (κ1) is 18.2. The summed E-state index contributed by atoms with van der Waals surface area (Å²) in [4.78, 5) is 16.2. The third-order valence-corrected chi connectivity index (χ3v) is 4.21. The minimum Gasteiger partial charge on any atom is -0.490 e. The van der Waals surface area contributed by atoms with Crippen molar-refractivity contribution in [2.75, 3.05) is 19.7 Å². The van der Waals surface area contributed by atoms with Gasteiger partial charge in [0.1, 0.15) is 18.5 Å². The third-order valence-electron chi connectivity index (χ3n) is 4.21. The quantitative estimate of drug-likeness (QED) is 0.409. The molecule has 0 spiro atoms. The Kier molecular flexibility index (Phi) is 6.04. The average molecular weight is 352 g/mol. The van der Waals surface area contributed by atoms with E-state index in [0.29, 0.717) is 23.4 Å². The first-order chi connectivity index (χ1) is 12.7. The number of hydrogen-bond donors (Lipinski definition) is 3. The molecule has 26 heavy (non-hydrogen) atoms. The molecule has 0 saturated heterocycles. The lowest BCUT2D eigenvalue weighted by molar-refractivity contribution is 0.0990. The van der Waals surface area contributed by atoms with Crippen LogP contribution in [0.25, 0.3) is 10.9 Å². The van der Waals surface area contributed by atoms with Gasteiger partial charge in [-0.3, -0.25) is 4.79 Å². The molecule has 0 radical (unpaired) electrons. The van der Waals surface area contributed by atoms with Crippen LogP contribution >= 0.6 is 0 Å². The summed E-state index contributed by atoms with van der Waals surface area (Å²) in [6.45, 7) is 3.53. The van der Waals surface area contributed by atoms with Crippen LogP contribution in [0.5, 0.6) is 5.75 Å². The minimum absolute atomic E-state index is 0.0932. The summed E-state index contributed by atoms with van der Waals surface area (Å²) >= 11 is 0. The Hall–Kier alpha value is -2.63. The third kappa shape index (κ3) is 4.12. The summed E-state index contributed by atoms with van der Waals surface area (Å²) < 4.78 is 5.75. The molecule has 5 nitrogen and oxygen atoms in total. The number of carbonyl (C=O) groups is 1. The lowest BCUT2D eigenvalue weighted by Crippen LogP contribution is -2.32. The van der Waals surface area contributed by atoms with E-state index in [1.54, 1.807) is 12.1 Å². The van der Waals surface area contributed by atoms with Crippen LogP contribution in [0, 0.1) is 0 Å². The van der Waals surface area contributed by atoms with E-state index in [2.05, 4.69) is 17.2 Å². The number of para-hydroxylation sites is 1. The topological polar surface area (TPSA) is 74.3 Å². The predicted octanol–water partition coefficient (Wildman–Crippen LogP) is 3.14. The van der Waals surface area contributed by atoms with Crippen molar-refractivity contribution in [2.45, 2.75) is 19.4 Å². The number of carbonyl (C=O) groups excluding carboxylic acids is 1. The molecule has 0 fully saturated rings. The standard InChI is InChI=1S/C21H24N2O3/c1-2-11-22-13-15(24)14-26-20-9-4-3-6-18(20)21(25)17-7-5-8-19-16(17)10-12-23-19/h3-10,12,15,22-24H,2,11,13-14H2,1H3. The van der Waals surface area contributed by atoms with Crippen LogP contribution < -0.4 is 10.1 Å². The summed E-state index contributed by atoms with van der Waals surface area (Å²) in [7, 11) is 0. The number of hydrogen-bond acceptors (Lipinski definition) is 4. The van der Waals surface area contributed by atoms with E-state index >= 15 is 0 Å². The molecule has 0 saturated carbocycles. The molecule has 1 aromatic heterocycles. The second-order valence-corrected chi connectivity index (χ2v) is 6.24. The largest absolute Gasteiger partial charge is 0.490 e. The highest BCUT2D eigenvalue weighted by atomic mass is 16.5. The van der Waals surface area contributed by atoms with Crippen molar-refractivity contribution in [3.63, 3.8) is 0 Å². The summed E-state index contributed by atoms with van der Waals surface area (Å²) in [6.07, 6.45) is 2.21. The van der Waals surface area contributed by atoms with Crippen molar-refractivity contribution >= 4 is 16.7 Å². The molecule has 2 aromatic carbocycles. The Morgan fingerprint density at radius 3 is 2.81 bits per heavy atom. The van der Waals surface area contributed by atoms with E-state index < -0.39 is 6.10 Å². The maximum Gasteiger partial charge on any atom is 0.197 e. The lowest BCUT2D eigenvalue weighted by Gasteiger charge is -2.15. The maximum atomic E-state index is 13.1. The fourth-order valence-corrected chi connectivity index (χ4v) is 2.90. The van der Waals surface area contributed by atoms with Crippen LogP contribution in [-0.2, 0) is 0 Å². The molecule has 3 rings (SSSR count). The van der Waals surface area contributed by atoms with E-state index in [-0.39, 0.29) is 12.4 Å². The first-order valence-corrected chi connectivity index (χ1v) is 8.92. The molecular weight excluding hydrogens is 328 g/mol. The zero-order valence-electron chi connectivity index (χ0n) is 14.9. The van der Waals surface area contributed by atoms with Crippen LogP contribution in [-0.4, -0.2) is 41.7 Å². The molecule has 136 valence electrons. The Bertz CT molecular complexity index is 872. The molecule has 0 aliphatic rings. The number of fused-ring (bicyclic) bond motifs is 1. The zero-order valence-corrected chi connectivity index (χ0v) is 14.9. The van der Waals surface area contributed by atoms with Gasteiger partial charge >= 0.3 is 0 Å². The van der Waals surface area contributed by atoms with E-state index in [4.69, 9.17) is 4.74 Å². The molecule has 0 amide bonds. The van der Waals surface area contributed by atoms with Gasteiger partial charge in [0.15, 0.2) is 5.78 Å². The van der Waals surface area contributed by atoms with E-state index in [1.165, 1.54) is 0 Å². The van der Waals surface area contributed by atoms with Crippen molar-refractivity contribution in [1.82, 2.24) is 10.3 Å². The lowest BCUT2D eigenvalue weighted by atomic mass is 9.99. The smallest absolute Gasteiger partial charge is 0.197 e. The van der Waals surface area contributed by atoms with Gasteiger partial charge in [0.05, 0.1) is 5.56 Å². The van der Waals surface area contributed by atoms with Crippen molar-refractivity contribution in [2.24, 2.45) is 0 Å². The molecule has 5 heteroatoms. The Labute approximate surface area is 153 Å². The van der Waals surface area contributed by atoms with Crippen LogP contribution in [0.15, 0.2) is 54.7 Å². The fraction of sp³-hybridized carbons (Fsp3) is 0.286. The highest BCUT2D eigenvalue weighted by Crippen LogP contribution is 2.25. The molecule has 1 heterocycles. The number of aliphatic hydroxyl groups excluding tert-OH is 1. The Morgan fingerprint density at radius 2 is 1.96 bits per heavy atom. The van der Waals surface area contributed by atoms with Gasteiger partial charge in [-0.1, -0.05) is 31.2 Å². The van der Waals surface area contributed by atoms with Crippen molar-refractivity contribution < 1.29 is 14.6 Å². The van der Waals surface area contributed by atoms with Gasteiger partial charge in [0.25, 0.3) is 0 Å². The highest BCUT2D eigenvalue weighted by Gasteiger charge is 2.17. The number of H-pyrrole nitrogens is 1. The molecule has 1 atom stereocenters. The minimum atomic E-state index is -0.627. The molecule has 3 aromatic rings. The Balaban J connectivity index is 1.76. The van der Waals surface area contributed by atoms with Gasteiger partial charge in [-0.05, 0) is 37.2 Å². The summed E-state index contributed by atoms with van der Waals surface area (Å²) in [5, 5.41) is 14.1. The predicted molar refractivity (Wildman–Crippen MR) is 103 cm³/mol. The van der Waals surface area contributed by atoms with Crippen LogP contribution in [0.2, 0.25) is 0 Å². The zero-order chi connectivity index (χ0) is 18.4. The number of aliphatic hydroxyl groups is 1. The van der Waals surface area contributed by atoms with Crippen molar-refractivity contribution in [3.8, 4) is 5.75 Å². The number of rotatable bonds is 9. The van der Waals surface area contributed by atoms with Crippen molar-refractivity contribution in [1.29, 1.82) is 0 Å². The number of aromatic amines is 1. The summed E-state index contributed by atoms with van der Waals surface area (Å²) in [5.41, 5.74) is 2.05. The first-order valence-electron chi connectivity index (χ1n) is 8.92. The molecule has 1 unspecified atom stereocenters. The molecule has 0 aliphatic heterocycles. The molecule has 0 bridgehead atoms. The van der Waals surface area contributed by atoms with Crippen molar-refractivity contribution in [3.05, 3.63) is 65.9 Å². The molecule has 0 aliphatic carbocycles. The van der Waals surface area contributed by atoms with Crippen LogP contribution in [0.1, 0.15) is 29.3 Å². The number of aromatic nitrogens is 1. The van der Waals surface area contributed by atoms with Gasteiger partial charge < -0.3 is 20.1 Å². The normalized spacial score (nSPS) is 12.2. The summed E-state index contributed by atoms with van der Waals surface area (Å²) in [5.74, 6) is 0.393. The Morgan fingerprint density at radius 1 is 1.15 bits per heavy atom. The second kappa shape index (κ2) is 8.65. The number of nitrogens with one attached hydrogen (secondary N) is 2. The van der Waals surface area contributed by atoms with E-state index in [0.717, 1.165) is 23.9 Å². The maximum absolute atomic E-state index is 13.1. The average Bonchev–Trinajstić information content (AvgIpc) is 3.15. The number of ether oxygens (including phenoxy) is 1. The summed E-state index contributed by atoms with van der Waals surface area (Å²) in [6, 6.07) is 14.7. The van der Waals surface area contributed by atoms with Gasteiger partial charge in [-0.15, -0.1) is 0 Å². The number of benzene rings is 2. The van der Waals surface area contributed by atoms with Gasteiger partial charge in [-0.2, -0.15) is 0 Å². The van der Waals surface area contributed by atoms with Gasteiger partial charge in [0, 0.05) is 29.2 Å².